The van der Waals surface area contributed by atoms with Gasteiger partial charge in [0.1, 0.15) is 12.4 Å². The third-order valence-electron chi connectivity index (χ3n) is 3.44. The zero-order chi connectivity index (χ0) is 15.4. The van der Waals surface area contributed by atoms with Crippen molar-refractivity contribution < 1.29 is 9.47 Å². The Bertz CT molecular complexity index is 629. The largest absolute Gasteiger partial charge is 0.486 e. The smallest absolute Gasteiger partial charge is 0.208 e. The maximum absolute atomic E-state index is 5.99. The molecule has 1 atom stereocenters. The molecular formula is C15H18ClN3O2S. The second-order valence-electron chi connectivity index (χ2n) is 5.21. The van der Waals surface area contributed by atoms with Gasteiger partial charge >= 0.3 is 0 Å². The second kappa shape index (κ2) is 7.35. The lowest BCUT2D eigenvalue weighted by atomic mass is 10.2. The highest BCUT2D eigenvalue weighted by Crippen LogP contribution is 2.23. The number of aryl methyl sites for hydroxylation is 1. The molecule has 3 rings (SSSR count). The summed E-state index contributed by atoms with van der Waals surface area (Å²) >= 11 is 7.61. The average molecular weight is 340 g/mol. The standard InChI is InChI=1S/C15H18ClN3O2S/c1-10-7-11(4-5-13(10)16)21-8-14-17-15(19-18-14)22-9-12-3-2-6-20-12/h4-5,7,12H,2-3,6,8-9H2,1H3,(H,17,18,19)/t12-/m1/s1. The van der Waals surface area contributed by atoms with Crippen molar-refractivity contribution in [2.24, 2.45) is 0 Å². The van der Waals surface area contributed by atoms with Crippen molar-refractivity contribution >= 4 is 23.4 Å². The van der Waals surface area contributed by atoms with E-state index in [4.69, 9.17) is 21.1 Å². The highest BCUT2D eigenvalue weighted by atomic mass is 35.5. The first-order valence-corrected chi connectivity index (χ1v) is 8.62. The molecule has 1 aliphatic rings. The molecule has 2 aromatic rings. The summed E-state index contributed by atoms with van der Waals surface area (Å²) in [6.45, 7) is 3.18. The molecule has 0 saturated carbocycles. The monoisotopic (exact) mass is 339 g/mol. The van der Waals surface area contributed by atoms with Crippen LogP contribution in [0.4, 0.5) is 0 Å². The van der Waals surface area contributed by atoms with Crippen LogP contribution in [0.3, 0.4) is 0 Å². The normalized spacial score (nSPS) is 17.8. The lowest BCUT2D eigenvalue weighted by Crippen LogP contribution is -2.07. The number of nitrogens with zero attached hydrogens (tertiary/aromatic N) is 2. The summed E-state index contributed by atoms with van der Waals surface area (Å²) in [5.41, 5.74) is 0.990. The molecule has 1 fully saturated rings. The van der Waals surface area contributed by atoms with Gasteiger partial charge in [0.15, 0.2) is 5.82 Å². The molecule has 1 aromatic heterocycles. The van der Waals surface area contributed by atoms with Gasteiger partial charge < -0.3 is 9.47 Å². The second-order valence-corrected chi connectivity index (χ2v) is 6.60. The zero-order valence-electron chi connectivity index (χ0n) is 12.3. The van der Waals surface area contributed by atoms with Crippen LogP contribution in [-0.2, 0) is 11.3 Å². The SMILES string of the molecule is Cc1cc(OCc2nc(SC[C@H]3CCCO3)n[nH]2)ccc1Cl. The predicted octanol–water partition coefficient (Wildman–Crippen LogP) is 3.62. The molecule has 1 N–H and O–H groups in total. The molecule has 0 radical (unpaired) electrons. The van der Waals surface area contributed by atoms with E-state index >= 15 is 0 Å². The van der Waals surface area contributed by atoms with Crippen molar-refractivity contribution in [1.82, 2.24) is 15.2 Å². The van der Waals surface area contributed by atoms with Crippen LogP contribution >= 0.6 is 23.4 Å². The number of H-pyrrole nitrogens is 1. The minimum absolute atomic E-state index is 0.334. The molecule has 1 saturated heterocycles. The Hall–Kier alpha value is -1.24. The number of aromatic nitrogens is 3. The van der Waals surface area contributed by atoms with Crippen LogP contribution in [0.25, 0.3) is 0 Å². The molecule has 1 aromatic carbocycles. The lowest BCUT2D eigenvalue weighted by molar-refractivity contribution is 0.129. The molecule has 0 aliphatic carbocycles. The molecule has 0 bridgehead atoms. The highest BCUT2D eigenvalue weighted by molar-refractivity contribution is 7.99. The fourth-order valence-electron chi connectivity index (χ4n) is 2.21. The number of benzene rings is 1. The van der Waals surface area contributed by atoms with E-state index in [9.17, 15) is 0 Å². The van der Waals surface area contributed by atoms with Gasteiger partial charge in [-0.15, -0.1) is 5.10 Å². The van der Waals surface area contributed by atoms with Crippen LogP contribution in [0.2, 0.25) is 5.02 Å². The molecule has 0 spiro atoms. The third-order valence-corrected chi connectivity index (χ3v) is 4.84. The fourth-order valence-corrected chi connectivity index (χ4v) is 3.21. The number of ether oxygens (including phenoxy) is 2. The lowest BCUT2D eigenvalue weighted by Gasteiger charge is -2.06. The summed E-state index contributed by atoms with van der Waals surface area (Å²) in [7, 11) is 0. The minimum atomic E-state index is 0.334. The van der Waals surface area contributed by atoms with Crippen LogP contribution in [0.1, 0.15) is 24.2 Å². The quantitative estimate of drug-likeness (QED) is 0.814. The van der Waals surface area contributed by atoms with Gasteiger partial charge in [-0.3, -0.25) is 5.10 Å². The zero-order valence-corrected chi connectivity index (χ0v) is 13.9. The third kappa shape index (κ3) is 4.15. The van der Waals surface area contributed by atoms with Crippen molar-refractivity contribution in [3.05, 3.63) is 34.6 Å². The average Bonchev–Trinajstić information content (AvgIpc) is 3.17. The van der Waals surface area contributed by atoms with E-state index < -0.39 is 0 Å². The van der Waals surface area contributed by atoms with Gasteiger partial charge in [0.25, 0.3) is 0 Å². The minimum Gasteiger partial charge on any atom is -0.486 e. The van der Waals surface area contributed by atoms with Crippen molar-refractivity contribution in [3.63, 3.8) is 0 Å². The van der Waals surface area contributed by atoms with Crippen molar-refractivity contribution in [2.75, 3.05) is 12.4 Å². The Kier molecular flexibility index (Phi) is 5.23. The first kappa shape index (κ1) is 15.6. The summed E-state index contributed by atoms with van der Waals surface area (Å²) in [5, 5.41) is 8.57. The summed E-state index contributed by atoms with van der Waals surface area (Å²) in [6.07, 6.45) is 2.61. The van der Waals surface area contributed by atoms with Crippen LogP contribution in [0.15, 0.2) is 23.4 Å². The van der Waals surface area contributed by atoms with E-state index in [0.717, 1.165) is 46.7 Å². The van der Waals surface area contributed by atoms with E-state index in [1.807, 2.05) is 25.1 Å². The molecule has 5 nitrogen and oxygen atoms in total. The van der Waals surface area contributed by atoms with Crippen LogP contribution < -0.4 is 4.74 Å². The number of aromatic amines is 1. The van der Waals surface area contributed by atoms with Gasteiger partial charge in [-0.1, -0.05) is 23.4 Å². The molecule has 2 heterocycles. The van der Waals surface area contributed by atoms with E-state index in [1.54, 1.807) is 11.8 Å². The van der Waals surface area contributed by atoms with Crippen LogP contribution in [0, 0.1) is 6.92 Å². The number of hydrogen-bond donors (Lipinski definition) is 1. The van der Waals surface area contributed by atoms with Gasteiger partial charge in [-0.05, 0) is 43.5 Å². The Labute approximate surface area is 138 Å². The van der Waals surface area contributed by atoms with Crippen LogP contribution in [0.5, 0.6) is 5.75 Å². The first-order chi connectivity index (χ1) is 10.7. The van der Waals surface area contributed by atoms with E-state index in [2.05, 4.69) is 15.2 Å². The molecule has 0 amide bonds. The van der Waals surface area contributed by atoms with Gasteiger partial charge in [0.2, 0.25) is 5.16 Å². The Balaban J connectivity index is 1.49. The molecule has 0 unspecified atom stereocenters. The number of hydrogen-bond acceptors (Lipinski definition) is 5. The van der Waals surface area contributed by atoms with Gasteiger partial charge in [0.05, 0.1) is 6.10 Å². The summed E-state index contributed by atoms with van der Waals surface area (Å²) in [4.78, 5) is 4.42. The maximum atomic E-state index is 5.99. The van der Waals surface area contributed by atoms with Crippen LogP contribution in [-0.4, -0.2) is 33.6 Å². The van der Waals surface area contributed by atoms with Gasteiger partial charge in [-0.25, -0.2) is 4.98 Å². The molecule has 22 heavy (non-hydrogen) atoms. The van der Waals surface area contributed by atoms with E-state index in [-0.39, 0.29) is 0 Å². The Morgan fingerprint density at radius 3 is 3.18 bits per heavy atom. The molecule has 118 valence electrons. The highest BCUT2D eigenvalue weighted by Gasteiger charge is 2.16. The number of rotatable bonds is 6. The summed E-state index contributed by atoms with van der Waals surface area (Å²) in [5.74, 6) is 2.38. The Morgan fingerprint density at radius 2 is 2.41 bits per heavy atom. The van der Waals surface area contributed by atoms with Gasteiger partial charge in [-0.2, -0.15) is 0 Å². The number of nitrogens with one attached hydrogen (secondary N) is 1. The van der Waals surface area contributed by atoms with Crippen molar-refractivity contribution in [1.29, 1.82) is 0 Å². The van der Waals surface area contributed by atoms with E-state index in [0.29, 0.717) is 18.5 Å². The number of thioether (sulfide) groups is 1. The fraction of sp³-hybridized carbons (Fsp3) is 0.467. The number of halogens is 1. The van der Waals surface area contributed by atoms with E-state index in [1.165, 1.54) is 0 Å². The van der Waals surface area contributed by atoms with Gasteiger partial charge in [0, 0.05) is 17.4 Å². The predicted molar refractivity (Wildman–Crippen MR) is 86.6 cm³/mol. The van der Waals surface area contributed by atoms with Crippen molar-refractivity contribution in [2.45, 2.75) is 37.6 Å². The topological polar surface area (TPSA) is 60.0 Å². The molecule has 7 heteroatoms. The molecular weight excluding hydrogens is 322 g/mol. The Morgan fingerprint density at radius 1 is 1.50 bits per heavy atom. The maximum Gasteiger partial charge on any atom is 0.208 e. The summed E-state index contributed by atoms with van der Waals surface area (Å²) in [6, 6.07) is 5.58. The first-order valence-electron chi connectivity index (χ1n) is 7.25. The summed E-state index contributed by atoms with van der Waals surface area (Å²) < 4.78 is 11.3. The molecule has 1 aliphatic heterocycles. The van der Waals surface area contributed by atoms with Crippen molar-refractivity contribution in [3.8, 4) is 5.75 Å².